The third kappa shape index (κ3) is 1.42. The van der Waals surface area contributed by atoms with Gasteiger partial charge in [-0.15, -0.1) is 0 Å². The molecule has 0 aromatic carbocycles. The summed E-state index contributed by atoms with van der Waals surface area (Å²) in [6, 6.07) is 0. The van der Waals surface area contributed by atoms with E-state index in [1.54, 1.807) is 11.1 Å². The van der Waals surface area contributed by atoms with Crippen molar-refractivity contribution in [3.63, 3.8) is 0 Å². The van der Waals surface area contributed by atoms with Gasteiger partial charge in [0.15, 0.2) is 0 Å². The number of hydrogen-bond donors (Lipinski definition) is 0. The zero-order chi connectivity index (χ0) is 7.56. The molecule has 1 aliphatic rings. The van der Waals surface area contributed by atoms with E-state index >= 15 is 0 Å². The van der Waals surface area contributed by atoms with E-state index in [1.807, 2.05) is 0 Å². The van der Waals surface area contributed by atoms with Crippen LogP contribution in [0.25, 0.3) is 0 Å². The molecule has 0 aromatic rings. The predicted octanol–water partition coefficient (Wildman–Crippen LogP) is 3.53. The van der Waals surface area contributed by atoms with Gasteiger partial charge in [0.25, 0.3) is 0 Å². The minimum atomic E-state index is 0.968. The SMILES string of the molecule is CCCC1CCC1=C(C)C. The van der Waals surface area contributed by atoms with Crippen LogP contribution in [-0.2, 0) is 0 Å². The highest BCUT2D eigenvalue weighted by atomic mass is 14.3. The van der Waals surface area contributed by atoms with Gasteiger partial charge in [-0.05, 0) is 39.0 Å². The third-order valence-electron chi connectivity index (χ3n) is 2.53. The van der Waals surface area contributed by atoms with Gasteiger partial charge in [0, 0.05) is 0 Å². The molecule has 0 aromatic heterocycles. The number of hydrogen-bond acceptors (Lipinski definition) is 0. The lowest BCUT2D eigenvalue weighted by atomic mass is 9.75. The average Bonchev–Trinajstić information content (AvgIpc) is 1.78. The highest BCUT2D eigenvalue weighted by Crippen LogP contribution is 2.38. The fourth-order valence-corrected chi connectivity index (χ4v) is 1.82. The van der Waals surface area contributed by atoms with Gasteiger partial charge in [0.05, 0.1) is 0 Å². The second-order valence-electron chi connectivity index (χ2n) is 3.55. The quantitative estimate of drug-likeness (QED) is 0.512. The fourth-order valence-electron chi connectivity index (χ4n) is 1.82. The summed E-state index contributed by atoms with van der Waals surface area (Å²) in [6.07, 6.45) is 5.60. The monoisotopic (exact) mass is 138 g/mol. The molecule has 0 aliphatic heterocycles. The lowest BCUT2D eigenvalue weighted by Crippen LogP contribution is -2.16. The van der Waals surface area contributed by atoms with Gasteiger partial charge >= 0.3 is 0 Å². The summed E-state index contributed by atoms with van der Waals surface area (Å²) in [5.74, 6) is 0.968. The first-order valence-electron chi connectivity index (χ1n) is 4.42. The second kappa shape index (κ2) is 3.23. The molecule has 0 amide bonds. The van der Waals surface area contributed by atoms with Gasteiger partial charge in [-0.1, -0.05) is 24.5 Å². The van der Waals surface area contributed by atoms with E-state index in [1.165, 1.54) is 25.7 Å². The maximum atomic E-state index is 2.28. The highest BCUT2D eigenvalue weighted by molar-refractivity contribution is 5.20. The van der Waals surface area contributed by atoms with Gasteiger partial charge in [-0.3, -0.25) is 0 Å². The van der Waals surface area contributed by atoms with Crippen LogP contribution < -0.4 is 0 Å². The van der Waals surface area contributed by atoms with Crippen LogP contribution in [0.3, 0.4) is 0 Å². The molecule has 0 radical (unpaired) electrons. The molecule has 0 saturated heterocycles. The van der Waals surface area contributed by atoms with Gasteiger partial charge < -0.3 is 0 Å². The Morgan fingerprint density at radius 2 is 2.20 bits per heavy atom. The summed E-state index contributed by atoms with van der Waals surface area (Å²) >= 11 is 0. The van der Waals surface area contributed by atoms with E-state index in [-0.39, 0.29) is 0 Å². The molecule has 0 spiro atoms. The normalized spacial score (nSPS) is 24.3. The molecule has 0 N–H and O–H groups in total. The molecular weight excluding hydrogens is 120 g/mol. The van der Waals surface area contributed by atoms with E-state index < -0.39 is 0 Å². The van der Waals surface area contributed by atoms with E-state index in [9.17, 15) is 0 Å². The lowest BCUT2D eigenvalue weighted by molar-refractivity contribution is 0.405. The van der Waals surface area contributed by atoms with Crippen LogP contribution in [0, 0.1) is 5.92 Å². The van der Waals surface area contributed by atoms with Crippen molar-refractivity contribution in [2.75, 3.05) is 0 Å². The molecule has 1 saturated carbocycles. The maximum absolute atomic E-state index is 2.28. The Hall–Kier alpha value is -0.260. The van der Waals surface area contributed by atoms with Crippen molar-refractivity contribution in [3.8, 4) is 0 Å². The van der Waals surface area contributed by atoms with Crippen molar-refractivity contribution in [1.82, 2.24) is 0 Å². The molecule has 0 heteroatoms. The fraction of sp³-hybridized carbons (Fsp3) is 0.800. The molecule has 1 rings (SSSR count). The highest BCUT2D eigenvalue weighted by Gasteiger charge is 2.23. The average molecular weight is 138 g/mol. The minimum absolute atomic E-state index is 0.968. The molecule has 1 unspecified atom stereocenters. The van der Waals surface area contributed by atoms with Crippen LogP contribution in [0.15, 0.2) is 11.1 Å². The maximum Gasteiger partial charge on any atom is -0.0198 e. The summed E-state index contributed by atoms with van der Waals surface area (Å²) in [6.45, 7) is 6.77. The van der Waals surface area contributed by atoms with Crippen LogP contribution in [0.2, 0.25) is 0 Å². The molecule has 10 heavy (non-hydrogen) atoms. The smallest absolute Gasteiger partial charge is 0.0198 e. The van der Waals surface area contributed by atoms with E-state index in [0.717, 1.165) is 5.92 Å². The van der Waals surface area contributed by atoms with Crippen molar-refractivity contribution >= 4 is 0 Å². The first-order chi connectivity index (χ1) is 4.75. The van der Waals surface area contributed by atoms with Crippen LogP contribution in [-0.4, -0.2) is 0 Å². The van der Waals surface area contributed by atoms with Crippen molar-refractivity contribution in [1.29, 1.82) is 0 Å². The summed E-state index contributed by atoms with van der Waals surface area (Å²) in [7, 11) is 0. The molecular formula is C10H18. The van der Waals surface area contributed by atoms with Crippen LogP contribution in [0.4, 0.5) is 0 Å². The minimum Gasteiger partial charge on any atom is -0.0770 e. The Bertz CT molecular complexity index is 138. The third-order valence-corrected chi connectivity index (χ3v) is 2.53. The van der Waals surface area contributed by atoms with Crippen molar-refractivity contribution in [3.05, 3.63) is 11.1 Å². The van der Waals surface area contributed by atoms with Crippen LogP contribution in [0.1, 0.15) is 46.5 Å². The molecule has 58 valence electrons. The second-order valence-corrected chi connectivity index (χ2v) is 3.55. The Balaban J connectivity index is 2.43. The summed E-state index contributed by atoms with van der Waals surface area (Å²) in [5, 5.41) is 0. The summed E-state index contributed by atoms with van der Waals surface area (Å²) < 4.78 is 0. The Kier molecular flexibility index (Phi) is 2.53. The number of allylic oxidation sites excluding steroid dienone is 2. The Morgan fingerprint density at radius 1 is 1.50 bits per heavy atom. The van der Waals surface area contributed by atoms with Gasteiger partial charge in [0.1, 0.15) is 0 Å². The van der Waals surface area contributed by atoms with Crippen molar-refractivity contribution < 1.29 is 0 Å². The molecule has 0 nitrogen and oxygen atoms in total. The first kappa shape index (κ1) is 7.84. The van der Waals surface area contributed by atoms with Gasteiger partial charge in [-0.2, -0.15) is 0 Å². The Labute approximate surface area is 64.3 Å². The standard InChI is InChI=1S/C10H18/c1-4-5-9-6-7-10(9)8(2)3/h9H,4-7H2,1-3H3. The molecule has 1 fully saturated rings. The van der Waals surface area contributed by atoms with Gasteiger partial charge in [0.2, 0.25) is 0 Å². The van der Waals surface area contributed by atoms with Crippen LogP contribution >= 0.6 is 0 Å². The molecule has 0 bridgehead atoms. The molecule has 0 heterocycles. The zero-order valence-electron chi connectivity index (χ0n) is 7.41. The first-order valence-corrected chi connectivity index (χ1v) is 4.42. The van der Waals surface area contributed by atoms with Crippen LogP contribution in [0.5, 0.6) is 0 Å². The molecule has 1 atom stereocenters. The van der Waals surface area contributed by atoms with E-state index in [0.29, 0.717) is 0 Å². The predicted molar refractivity (Wildman–Crippen MR) is 46.0 cm³/mol. The number of rotatable bonds is 2. The van der Waals surface area contributed by atoms with Crippen molar-refractivity contribution in [2.45, 2.75) is 46.5 Å². The van der Waals surface area contributed by atoms with Crippen molar-refractivity contribution in [2.24, 2.45) is 5.92 Å². The Morgan fingerprint density at radius 3 is 2.50 bits per heavy atom. The topological polar surface area (TPSA) is 0 Å². The molecule has 1 aliphatic carbocycles. The largest absolute Gasteiger partial charge is 0.0770 e. The summed E-state index contributed by atoms with van der Waals surface area (Å²) in [4.78, 5) is 0. The zero-order valence-corrected chi connectivity index (χ0v) is 7.41. The lowest BCUT2D eigenvalue weighted by Gasteiger charge is -2.31. The van der Waals surface area contributed by atoms with E-state index in [4.69, 9.17) is 0 Å². The van der Waals surface area contributed by atoms with Gasteiger partial charge in [-0.25, -0.2) is 0 Å². The summed E-state index contributed by atoms with van der Waals surface area (Å²) in [5.41, 5.74) is 3.33. The van der Waals surface area contributed by atoms with E-state index in [2.05, 4.69) is 20.8 Å².